The number of nitrogens with one attached hydrogen (secondary N) is 2. The first-order chi connectivity index (χ1) is 8.99. The molecule has 4 heteroatoms. The Bertz CT molecular complexity index is 309. The van der Waals surface area contributed by atoms with Crippen molar-refractivity contribution in [1.82, 2.24) is 10.6 Å². The molecule has 0 aromatic heterocycles. The summed E-state index contributed by atoms with van der Waals surface area (Å²) in [5, 5.41) is 15.9. The molecule has 0 spiro atoms. The summed E-state index contributed by atoms with van der Waals surface area (Å²) in [7, 11) is 0. The SMILES string of the molecule is CC1(C)CCCNC1C(=O)NCC1CCC(O)CC1. The molecule has 3 N–H and O–H groups in total. The van der Waals surface area contributed by atoms with Crippen LogP contribution in [0.15, 0.2) is 0 Å². The van der Waals surface area contributed by atoms with E-state index >= 15 is 0 Å². The molecule has 1 heterocycles. The molecule has 1 atom stereocenters. The number of carbonyl (C=O) groups is 1. The van der Waals surface area contributed by atoms with Crippen LogP contribution in [0.4, 0.5) is 0 Å². The van der Waals surface area contributed by atoms with Crippen molar-refractivity contribution in [2.24, 2.45) is 11.3 Å². The molecule has 4 nitrogen and oxygen atoms in total. The van der Waals surface area contributed by atoms with Gasteiger partial charge in [-0.05, 0) is 56.4 Å². The van der Waals surface area contributed by atoms with Crippen LogP contribution in [0.25, 0.3) is 0 Å². The van der Waals surface area contributed by atoms with Crippen LogP contribution in [0.2, 0.25) is 0 Å². The Hall–Kier alpha value is -0.610. The fourth-order valence-electron chi connectivity index (χ4n) is 3.35. The molecule has 2 aliphatic rings. The molecule has 0 aromatic rings. The third-order valence-electron chi connectivity index (χ3n) is 4.77. The van der Waals surface area contributed by atoms with Crippen LogP contribution in [0.5, 0.6) is 0 Å². The normalized spacial score (nSPS) is 34.8. The van der Waals surface area contributed by atoms with Gasteiger partial charge in [-0.25, -0.2) is 0 Å². The summed E-state index contributed by atoms with van der Waals surface area (Å²) < 4.78 is 0. The number of piperidine rings is 1. The molecule has 2 rings (SSSR count). The van der Waals surface area contributed by atoms with Gasteiger partial charge in [0.05, 0.1) is 12.1 Å². The van der Waals surface area contributed by atoms with E-state index in [4.69, 9.17) is 0 Å². The summed E-state index contributed by atoms with van der Waals surface area (Å²) in [6.45, 7) is 6.04. The highest BCUT2D eigenvalue weighted by Gasteiger charge is 2.37. The third-order valence-corrected chi connectivity index (χ3v) is 4.77. The number of rotatable bonds is 3. The molecule has 110 valence electrons. The second-order valence-electron chi connectivity index (χ2n) is 6.90. The van der Waals surface area contributed by atoms with E-state index in [1.807, 2.05) is 0 Å². The van der Waals surface area contributed by atoms with Crippen molar-refractivity contribution in [3.8, 4) is 0 Å². The Morgan fingerprint density at radius 2 is 2.00 bits per heavy atom. The van der Waals surface area contributed by atoms with Crippen molar-refractivity contribution in [3.63, 3.8) is 0 Å². The van der Waals surface area contributed by atoms with E-state index in [1.165, 1.54) is 0 Å². The number of hydrogen-bond donors (Lipinski definition) is 3. The highest BCUT2D eigenvalue weighted by Crippen LogP contribution is 2.30. The van der Waals surface area contributed by atoms with E-state index < -0.39 is 0 Å². The summed E-state index contributed by atoms with van der Waals surface area (Å²) in [6, 6.07) is -0.0598. The van der Waals surface area contributed by atoms with Crippen LogP contribution in [-0.2, 0) is 4.79 Å². The fraction of sp³-hybridized carbons (Fsp3) is 0.933. The molecular formula is C15H28N2O2. The maximum absolute atomic E-state index is 12.3. The van der Waals surface area contributed by atoms with Gasteiger partial charge in [-0.1, -0.05) is 13.8 Å². The predicted molar refractivity (Wildman–Crippen MR) is 75.8 cm³/mol. The number of aliphatic hydroxyl groups excluding tert-OH is 1. The molecule has 0 radical (unpaired) electrons. The van der Waals surface area contributed by atoms with E-state index in [-0.39, 0.29) is 23.5 Å². The van der Waals surface area contributed by atoms with Crippen LogP contribution in [0.3, 0.4) is 0 Å². The van der Waals surface area contributed by atoms with Gasteiger partial charge in [-0.15, -0.1) is 0 Å². The number of aliphatic hydroxyl groups is 1. The molecule has 1 saturated carbocycles. The van der Waals surface area contributed by atoms with Crippen molar-refractivity contribution in [3.05, 3.63) is 0 Å². The van der Waals surface area contributed by atoms with Crippen LogP contribution in [-0.4, -0.2) is 36.2 Å². The van der Waals surface area contributed by atoms with Gasteiger partial charge in [0, 0.05) is 6.54 Å². The molecular weight excluding hydrogens is 240 g/mol. The molecule has 0 bridgehead atoms. The van der Waals surface area contributed by atoms with Crippen molar-refractivity contribution in [2.45, 2.75) is 64.5 Å². The number of amides is 1. The fourth-order valence-corrected chi connectivity index (χ4v) is 3.35. The van der Waals surface area contributed by atoms with E-state index in [2.05, 4.69) is 24.5 Å². The first-order valence-electron chi connectivity index (χ1n) is 7.68. The van der Waals surface area contributed by atoms with Gasteiger partial charge in [-0.3, -0.25) is 4.79 Å². The minimum Gasteiger partial charge on any atom is -0.393 e. The van der Waals surface area contributed by atoms with Crippen molar-refractivity contribution < 1.29 is 9.90 Å². The Kier molecular flexibility index (Phi) is 4.85. The van der Waals surface area contributed by atoms with Crippen molar-refractivity contribution >= 4 is 5.91 Å². The predicted octanol–water partition coefficient (Wildman–Crippen LogP) is 1.43. The van der Waals surface area contributed by atoms with Gasteiger partial charge in [0.1, 0.15) is 0 Å². The van der Waals surface area contributed by atoms with Crippen LogP contribution in [0.1, 0.15) is 52.4 Å². The Morgan fingerprint density at radius 1 is 1.32 bits per heavy atom. The van der Waals surface area contributed by atoms with Gasteiger partial charge in [0.15, 0.2) is 0 Å². The van der Waals surface area contributed by atoms with Crippen LogP contribution < -0.4 is 10.6 Å². The molecule has 1 unspecified atom stereocenters. The lowest BCUT2D eigenvalue weighted by Gasteiger charge is -2.38. The molecule has 1 saturated heterocycles. The molecule has 0 aromatic carbocycles. The average Bonchev–Trinajstić information content (AvgIpc) is 2.37. The lowest BCUT2D eigenvalue weighted by Crippen LogP contribution is -2.56. The summed E-state index contributed by atoms with van der Waals surface area (Å²) >= 11 is 0. The van der Waals surface area contributed by atoms with E-state index in [0.29, 0.717) is 5.92 Å². The van der Waals surface area contributed by atoms with Crippen LogP contribution in [0, 0.1) is 11.3 Å². The maximum Gasteiger partial charge on any atom is 0.237 e. The zero-order valence-electron chi connectivity index (χ0n) is 12.2. The average molecular weight is 268 g/mol. The number of carbonyl (C=O) groups excluding carboxylic acids is 1. The number of hydrogen-bond acceptors (Lipinski definition) is 3. The van der Waals surface area contributed by atoms with Gasteiger partial charge in [0.25, 0.3) is 0 Å². The molecule has 1 amide bonds. The molecule has 2 fully saturated rings. The highest BCUT2D eigenvalue weighted by molar-refractivity contribution is 5.82. The molecule has 1 aliphatic heterocycles. The van der Waals surface area contributed by atoms with E-state index in [9.17, 15) is 9.90 Å². The Labute approximate surface area is 116 Å². The smallest absolute Gasteiger partial charge is 0.237 e. The third kappa shape index (κ3) is 3.93. The monoisotopic (exact) mass is 268 g/mol. The van der Waals surface area contributed by atoms with Crippen LogP contribution >= 0.6 is 0 Å². The lowest BCUT2D eigenvalue weighted by atomic mass is 9.77. The van der Waals surface area contributed by atoms with E-state index in [1.54, 1.807) is 0 Å². The summed E-state index contributed by atoms with van der Waals surface area (Å²) in [5.74, 6) is 0.690. The maximum atomic E-state index is 12.3. The summed E-state index contributed by atoms with van der Waals surface area (Å²) in [5.41, 5.74) is 0.0467. The van der Waals surface area contributed by atoms with Crippen molar-refractivity contribution in [2.75, 3.05) is 13.1 Å². The summed E-state index contributed by atoms with van der Waals surface area (Å²) in [6.07, 6.45) is 5.96. The zero-order valence-corrected chi connectivity index (χ0v) is 12.2. The molecule has 1 aliphatic carbocycles. The largest absolute Gasteiger partial charge is 0.393 e. The second-order valence-corrected chi connectivity index (χ2v) is 6.90. The highest BCUT2D eigenvalue weighted by atomic mass is 16.3. The minimum absolute atomic E-state index is 0.0467. The Morgan fingerprint density at radius 3 is 2.63 bits per heavy atom. The Balaban J connectivity index is 1.77. The quantitative estimate of drug-likeness (QED) is 0.725. The first-order valence-corrected chi connectivity index (χ1v) is 7.68. The van der Waals surface area contributed by atoms with Crippen molar-refractivity contribution in [1.29, 1.82) is 0 Å². The van der Waals surface area contributed by atoms with Gasteiger partial charge >= 0.3 is 0 Å². The topological polar surface area (TPSA) is 61.4 Å². The summed E-state index contributed by atoms with van der Waals surface area (Å²) in [4.78, 5) is 12.3. The van der Waals surface area contributed by atoms with E-state index in [0.717, 1.165) is 51.6 Å². The van der Waals surface area contributed by atoms with Gasteiger partial charge in [0.2, 0.25) is 5.91 Å². The second kappa shape index (κ2) is 6.23. The molecule has 19 heavy (non-hydrogen) atoms. The zero-order chi connectivity index (χ0) is 13.9. The van der Waals surface area contributed by atoms with Gasteiger partial charge in [-0.2, -0.15) is 0 Å². The lowest BCUT2D eigenvalue weighted by molar-refractivity contribution is -0.127. The first kappa shape index (κ1) is 14.8. The minimum atomic E-state index is -0.120. The standard InChI is InChI=1S/C15H28N2O2/c1-15(2)8-3-9-16-13(15)14(19)17-10-11-4-6-12(18)7-5-11/h11-13,16,18H,3-10H2,1-2H3,(H,17,19). The van der Waals surface area contributed by atoms with Gasteiger partial charge < -0.3 is 15.7 Å².